The standard InChI is InChI=1S/C27H26BrF3N2O/c28-23-13-14-24(32-18-23)26(17-20-9-2-1-3-10-20,33-25(34)15-19-7-4-5-8-19)21-11-6-12-22(16-21)27(29,30)31/h1-3,6,9-14,16,18-19H,4-5,7-8,15,17H2,(H,33,34). The summed E-state index contributed by atoms with van der Waals surface area (Å²) in [5.74, 6) is 0.124. The molecule has 4 rings (SSSR count). The van der Waals surface area contributed by atoms with Crippen LogP contribution in [0.3, 0.4) is 0 Å². The maximum Gasteiger partial charge on any atom is 0.416 e. The van der Waals surface area contributed by atoms with Gasteiger partial charge in [0, 0.05) is 23.5 Å². The third-order valence-corrected chi connectivity index (χ3v) is 6.93. The number of carbonyl (C=O) groups is 1. The van der Waals surface area contributed by atoms with Crippen LogP contribution < -0.4 is 5.32 Å². The van der Waals surface area contributed by atoms with Gasteiger partial charge >= 0.3 is 6.18 Å². The average molecular weight is 531 g/mol. The van der Waals surface area contributed by atoms with E-state index in [2.05, 4.69) is 26.2 Å². The highest BCUT2D eigenvalue weighted by Gasteiger charge is 2.40. The zero-order valence-corrected chi connectivity index (χ0v) is 20.2. The van der Waals surface area contributed by atoms with E-state index < -0.39 is 17.3 Å². The summed E-state index contributed by atoms with van der Waals surface area (Å²) in [7, 11) is 0. The molecule has 3 nitrogen and oxygen atoms in total. The van der Waals surface area contributed by atoms with Crippen LogP contribution in [-0.4, -0.2) is 10.9 Å². The summed E-state index contributed by atoms with van der Waals surface area (Å²) in [6.45, 7) is 0. The summed E-state index contributed by atoms with van der Waals surface area (Å²) < 4.78 is 41.7. The van der Waals surface area contributed by atoms with Crippen LogP contribution in [-0.2, 0) is 22.9 Å². The summed E-state index contributed by atoms with van der Waals surface area (Å²) in [6.07, 6.45) is 1.93. The molecule has 0 spiro atoms. The molecule has 1 saturated carbocycles. The number of amides is 1. The minimum atomic E-state index is -4.50. The van der Waals surface area contributed by atoms with Crippen molar-refractivity contribution in [1.82, 2.24) is 10.3 Å². The van der Waals surface area contributed by atoms with Gasteiger partial charge in [-0.25, -0.2) is 0 Å². The highest BCUT2D eigenvalue weighted by molar-refractivity contribution is 9.10. The molecule has 7 heteroatoms. The van der Waals surface area contributed by atoms with Crippen LogP contribution in [0.2, 0.25) is 0 Å². The fourth-order valence-corrected chi connectivity index (χ4v) is 5.01. The molecule has 1 aliphatic carbocycles. The second kappa shape index (κ2) is 10.3. The van der Waals surface area contributed by atoms with E-state index >= 15 is 0 Å². The smallest absolute Gasteiger partial charge is 0.341 e. The van der Waals surface area contributed by atoms with Crippen molar-refractivity contribution >= 4 is 21.8 Å². The van der Waals surface area contributed by atoms with Crippen LogP contribution in [0.4, 0.5) is 13.2 Å². The van der Waals surface area contributed by atoms with Crippen molar-refractivity contribution in [2.24, 2.45) is 5.92 Å². The number of halogens is 4. The van der Waals surface area contributed by atoms with Crippen LogP contribution in [0, 0.1) is 5.92 Å². The van der Waals surface area contributed by atoms with Gasteiger partial charge in [0.15, 0.2) is 0 Å². The maximum absolute atomic E-state index is 13.7. The molecule has 178 valence electrons. The average Bonchev–Trinajstić information content (AvgIpc) is 3.32. The molecule has 1 unspecified atom stereocenters. The SMILES string of the molecule is O=C(CC1CCCC1)NC(Cc1ccccc1)(c1cccc(C(F)(F)F)c1)c1ccc(Br)cn1. The predicted octanol–water partition coefficient (Wildman–Crippen LogP) is 7.05. The van der Waals surface area contributed by atoms with E-state index in [4.69, 9.17) is 0 Å². The lowest BCUT2D eigenvalue weighted by molar-refractivity contribution is -0.137. The van der Waals surface area contributed by atoms with Crippen LogP contribution >= 0.6 is 15.9 Å². The Morgan fingerprint density at radius 3 is 2.32 bits per heavy atom. The van der Waals surface area contributed by atoms with Gasteiger partial charge in [-0.3, -0.25) is 9.78 Å². The Kier molecular flexibility index (Phi) is 7.41. The van der Waals surface area contributed by atoms with Gasteiger partial charge in [-0.05, 0) is 70.1 Å². The fraction of sp³-hybridized carbons (Fsp3) is 0.333. The second-order valence-corrected chi connectivity index (χ2v) is 9.83. The number of hydrogen-bond donors (Lipinski definition) is 1. The topological polar surface area (TPSA) is 42.0 Å². The van der Waals surface area contributed by atoms with Gasteiger partial charge in [-0.15, -0.1) is 0 Å². The number of carbonyl (C=O) groups excluding carboxylic acids is 1. The molecule has 1 atom stereocenters. The van der Waals surface area contributed by atoms with E-state index in [9.17, 15) is 18.0 Å². The Morgan fingerprint density at radius 2 is 1.68 bits per heavy atom. The molecule has 0 bridgehead atoms. The first-order valence-electron chi connectivity index (χ1n) is 11.4. The molecule has 1 N–H and O–H groups in total. The number of nitrogens with one attached hydrogen (secondary N) is 1. The number of alkyl halides is 3. The molecule has 1 aromatic heterocycles. The molecule has 0 radical (unpaired) electrons. The minimum absolute atomic E-state index is 0.176. The molecular formula is C27H26BrF3N2O. The van der Waals surface area contributed by atoms with Crippen LogP contribution in [0.1, 0.15) is 54.5 Å². The highest BCUT2D eigenvalue weighted by atomic mass is 79.9. The van der Waals surface area contributed by atoms with Crippen LogP contribution in [0.25, 0.3) is 0 Å². The van der Waals surface area contributed by atoms with E-state index in [1.54, 1.807) is 24.4 Å². The van der Waals surface area contributed by atoms with Gasteiger partial charge in [-0.2, -0.15) is 13.2 Å². The van der Waals surface area contributed by atoms with Crippen molar-refractivity contribution in [2.75, 3.05) is 0 Å². The monoisotopic (exact) mass is 530 g/mol. The first-order valence-corrected chi connectivity index (χ1v) is 12.2. The largest absolute Gasteiger partial charge is 0.416 e. The summed E-state index contributed by atoms with van der Waals surface area (Å²) in [6, 6.07) is 18.2. The molecule has 1 heterocycles. The molecule has 34 heavy (non-hydrogen) atoms. The lowest BCUT2D eigenvalue weighted by Gasteiger charge is -2.36. The Hall–Kier alpha value is -2.67. The van der Waals surface area contributed by atoms with E-state index in [-0.39, 0.29) is 12.3 Å². The molecular weight excluding hydrogens is 505 g/mol. The zero-order chi connectivity index (χ0) is 24.2. The van der Waals surface area contributed by atoms with Gasteiger partial charge in [0.25, 0.3) is 0 Å². The number of aromatic nitrogens is 1. The van der Waals surface area contributed by atoms with E-state index in [1.807, 2.05) is 30.3 Å². The first-order chi connectivity index (χ1) is 16.3. The van der Waals surface area contributed by atoms with Gasteiger partial charge in [0.1, 0.15) is 5.54 Å². The Labute approximate surface area is 205 Å². The van der Waals surface area contributed by atoms with Crippen LogP contribution in [0.5, 0.6) is 0 Å². The van der Waals surface area contributed by atoms with Gasteiger partial charge in [-0.1, -0.05) is 55.3 Å². The summed E-state index contributed by atoms with van der Waals surface area (Å²) >= 11 is 3.38. The number of pyridine rings is 1. The van der Waals surface area contributed by atoms with Crippen molar-refractivity contribution in [3.8, 4) is 0 Å². The lowest BCUT2D eigenvalue weighted by Crippen LogP contribution is -2.49. The number of rotatable bonds is 7. The second-order valence-electron chi connectivity index (χ2n) is 8.91. The van der Waals surface area contributed by atoms with Gasteiger partial charge < -0.3 is 5.32 Å². The number of hydrogen-bond acceptors (Lipinski definition) is 2. The highest BCUT2D eigenvalue weighted by Crippen LogP contribution is 2.37. The molecule has 3 aromatic rings. The van der Waals surface area contributed by atoms with Gasteiger partial charge in [0.2, 0.25) is 5.91 Å². The molecule has 2 aromatic carbocycles. The van der Waals surface area contributed by atoms with Crippen molar-refractivity contribution in [1.29, 1.82) is 0 Å². The number of benzene rings is 2. The van der Waals surface area contributed by atoms with Crippen molar-refractivity contribution in [3.05, 3.63) is 99.8 Å². The minimum Gasteiger partial charge on any atom is -0.341 e. The Bertz CT molecular complexity index is 1110. The van der Waals surface area contributed by atoms with E-state index in [1.165, 1.54) is 6.07 Å². The van der Waals surface area contributed by atoms with Crippen LogP contribution in [0.15, 0.2) is 77.4 Å². The van der Waals surface area contributed by atoms with Gasteiger partial charge in [0.05, 0.1) is 11.3 Å². The normalized spacial score (nSPS) is 16.2. The maximum atomic E-state index is 13.7. The lowest BCUT2D eigenvalue weighted by atomic mass is 9.79. The molecule has 1 amide bonds. The number of nitrogens with zero attached hydrogens (tertiary/aromatic N) is 1. The summed E-state index contributed by atoms with van der Waals surface area (Å²) in [5, 5.41) is 3.15. The summed E-state index contributed by atoms with van der Waals surface area (Å²) in [4.78, 5) is 17.9. The third-order valence-electron chi connectivity index (χ3n) is 6.46. The molecule has 0 saturated heterocycles. The molecule has 1 aliphatic rings. The quantitative estimate of drug-likeness (QED) is 0.355. The first kappa shape index (κ1) is 24.5. The molecule has 1 fully saturated rings. The van der Waals surface area contributed by atoms with Crippen molar-refractivity contribution in [3.63, 3.8) is 0 Å². The third kappa shape index (κ3) is 5.69. The van der Waals surface area contributed by atoms with E-state index in [0.29, 0.717) is 23.6 Å². The molecule has 0 aliphatic heterocycles. The summed E-state index contributed by atoms with van der Waals surface area (Å²) in [5.41, 5.74) is -0.311. The zero-order valence-electron chi connectivity index (χ0n) is 18.6. The Balaban J connectivity index is 1.85. The Morgan fingerprint density at radius 1 is 0.971 bits per heavy atom. The van der Waals surface area contributed by atoms with Crippen molar-refractivity contribution < 1.29 is 18.0 Å². The fourth-order valence-electron chi connectivity index (χ4n) is 4.78. The van der Waals surface area contributed by atoms with Crippen molar-refractivity contribution in [2.45, 2.75) is 50.2 Å². The van der Waals surface area contributed by atoms with E-state index in [0.717, 1.165) is 47.9 Å². The predicted molar refractivity (Wildman–Crippen MR) is 129 cm³/mol.